The summed E-state index contributed by atoms with van der Waals surface area (Å²) >= 11 is 5.59. The molecule has 0 heterocycles. The second-order valence-electron chi connectivity index (χ2n) is 3.41. The van der Waals surface area contributed by atoms with Crippen molar-refractivity contribution in [2.24, 2.45) is 10.7 Å². The van der Waals surface area contributed by atoms with Crippen molar-refractivity contribution in [1.82, 2.24) is 0 Å². The van der Waals surface area contributed by atoms with Crippen LogP contribution in [0.1, 0.15) is 0 Å². The summed E-state index contributed by atoms with van der Waals surface area (Å²) in [6.07, 6.45) is 0. The molecule has 0 unspecified atom stereocenters. The second-order valence-corrected chi connectivity index (χ2v) is 3.95. The van der Waals surface area contributed by atoms with Gasteiger partial charge in [0.1, 0.15) is 0 Å². The fraction of sp³-hybridized carbons (Fsp3) is 0.250. The lowest BCUT2D eigenvalue weighted by molar-refractivity contribution is 0.355. The van der Waals surface area contributed by atoms with Crippen LogP contribution in [0.4, 0.5) is 5.69 Å². The summed E-state index contributed by atoms with van der Waals surface area (Å²) in [5.74, 6) is 1.51. The van der Waals surface area contributed by atoms with Crippen LogP contribution in [-0.2, 0) is 0 Å². The van der Waals surface area contributed by atoms with Crippen molar-refractivity contribution in [3.8, 4) is 11.5 Å². The number of nitrogens with one attached hydrogen (secondary N) is 1. The van der Waals surface area contributed by atoms with Gasteiger partial charge < -0.3 is 20.5 Å². The van der Waals surface area contributed by atoms with E-state index in [1.54, 1.807) is 32.4 Å². The summed E-state index contributed by atoms with van der Waals surface area (Å²) in [5.41, 5.74) is 6.43. The lowest BCUT2D eigenvalue weighted by atomic mass is 10.3. The van der Waals surface area contributed by atoms with Crippen LogP contribution >= 0.6 is 35.6 Å². The smallest absolute Gasteiger partial charge is 0.193 e. The topological polar surface area (TPSA) is 68.9 Å². The highest BCUT2D eigenvalue weighted by Gasteiger charge is 2.04. The van der Waals surface area contributed by atoms with Crippen LogP contribution in [-0.4, -0.2) is 26.7 Å². The van der Waals surface area contributed by atoms with E-state index in [2.05, 4.69) is 16.9 Å². The Balaban J connectivity index is 0.00000324. The van der Waals surface area contributed by atoms with E-state index in [1.807, 2.05) is 0 Å². The Kier molecular flexibility index (Phi) is 8.33. The average molecular weight is 398 g/mol. The zero-order valence-corrected chi connectivity index (χ0v) is 13.9. The van der Waals surface area contributed by atoms with Crippen molar-refractivity contribution < 1.29 is 9.47 Å². The van der Waals surface area contributed by atoms with E-state index in [4.69, 9.17) is 26.8 Å². The standard InChI is InChI=1S/C12H16ClN3O2.HI/c1-8(13)7-15-12(14)16-9-4-5-10(17-2)11(6-9)18-3;/h4-6H,1,7H2,2-3H3,(H3,14,15,16);1H. The monoisotopic (exact) mass is 397 g/mol. The molecule has 0 radical (unpaired) electrons. The van der Waals surface area contributed by atoms with Gasteiger partial charge in [-0.3, -0.25) is 0 Å². The third-order valence-corrected chi connectivity index (χ3v) is 2.20. The van der Waals surface area contributed by atoms with Gasteiger partial charge in [0.05, 0.1) is 20.8 Å². The van der Waals surface area contributed by atoms with E-state index >= 15 is 0 Å². The molecule has 0 spiro atoms. The van der Waals surface area contributed by atoms with Crippen LogP contribution in [0.15, 0.2) is 34.8 Å². The molecule has 5 nitrogen and oxygen atoms in total. The first-order valence-corrected chi connectivity index (χ1v) is 5.57. The number of hydrogen-bond acceptors (Lipinski definition) is 3. The molecule has 19 heavy (non-hydrogen) atoms. The second kappa shape index (κ2) is 8.87. The van der Waals surface area contributed by atoms with Crippen LogP contribution in [0.2, 0.25) is 0 Å². The van der Waals surface area contributed by atoms with Gasteiger partial charge in [0.15, 0.2) is 17.5 Å². The minimum Gasteiger partial charge on any atom is -0.493 e. The molecule has 0 aliphatic carbocycles. The maximum absolute atomic E-state index is 5.68. The molecule has 0 aliphatic heterocycles. The fourth-order valence-electron chi connectivity index (χ4n) is 1.27. The molecule has 0 bridgehead atoms. The Morgan fingerprint density at radius 3 is 2.53 bits per heavy atom. The zero-order valence-electron chi connectivity index (χ0n) is 10.8. The van der Waals surface area contributed by atoms with Gasteiger partial charge in [0, 0.05) is 16.8 Å². The van der Waals surface area contributed by atoms with Crippen LogP contribution in [0.25, 0.3) is 0 Å². The Morgan fingerprint density at radius 1 is 1.37 bits per heavy atom. The van der Waals surface area contributed by atoms with Gasteiger partial charge in [-0.1, -0.05) is 18.2 Å². The third kappa shape index (κ3) is 6.02. The van der Waals surface area contributed by atoms with E-state index in [0.29, 0.717) is 16.5 Å². The molecule has 0 atom stereocenters. The van der Waals surface area contributed by atoms with Crippen LogP contribution < -0.4 is 20.5 Å². The van der Waals surface area contributed by atoms with Gasteiger partial charge in [-0.05, 0) is 12.1 Å². The maximum atomic E-state index is 5.68. The molecule has 3 N–H and O–H groups in total. The summed E-state index contributed by atoms with van der Waals surface area (Å²) < 4.78 is 10.3. The zero-order chi connectivity index (χ0) is 13.5. The highest BCUT2D eigenvalue weighted by Crippen LogP contribution is 2.29. The van der Waals surface area contributed by atoms with Crippen molar-refractivity contribution in [3.05, 3.63) is 29.8 Å². The molecule has 1 rings (SSSR count). The Hall–Kier alpha value is -1.15. The van der Waals surface area contributed by atoms with E-state index in [0.717, 1.165) is 5.69 Å². The number of aliphatic imine (C=N–C) groups is 1. The first kappa shape index (κ1) is 17.8. The van der Waals surface area contributed by atoms with Crippen LogP contribution in [0.3, 0.4) is 0 Å². The van der Waals surface area contributed by atoms with Gasteiger partial charge in [0.25, 0.3) is 0 Å². The first-order valence-electron chi connectivity index (χ1n) is 5.19. The summed E-state index contributed by atoms with van der Waals surface area (Å²) in [6, 6.07) is 5.34. The van der Waals surface area contributed by atoms with Crippen molar-refractivity contribution >= 4 is 47.2 Å². The molecule has 0 aromatic heterocycles. The molecule has 1 aromatic carbocycles. The largest absolute Gasteiger partial charge is 0.493 e. The summed E-state index contributed by atoms with van der Waals surface area (Å²) in [5, 5.41) is 3.34. The van der Waals surface area contributed by atoms with Crippen molar-refractivity contribution in [2.75, 3.05) is 26.1 Å². The van der Waals surface area contributed by atoms with Crippen molar-refractivity contribution in [1.29, 1.82) is 0 Å². The number of methoxy groups -OCH3 is 2. The lowest BCUT2D eigenvalue weighted by Gasteiger charge is -2.10. The maximum Gasteiger partial charge on any atom is 0.193 e. The number of guanidine groups is 1. The number of halogens is 2. The molecule has 1 aromatic rings. The number of anilines is 1. The molecule has 0 saturated heterocycles. The molecule has 0 amide bonds. The predicted octanol–water partition coefficient (Wildman–Crippen LogP) is 2.80. The molecule has 106 valence electrons. The van der Waals surface area contributed by atoms with Gasteiger partial charge in [-0.15, -0.1) is 24.0 Å². The number of hydrogen-bond donors (Lipinski definition) is 2. The number of rotatable bonds is 5. The molecule has 7 heteroatoms. The molecule has 0 aliphatic rings. The van der Waals surface area contributed by atoms with Crippen molar-refractivity contribution in [3.63, 3.8) is 0 Å². The normalized spacial score (nSPS) is 10.4. The average Bonchev–Trinajstić information content (AvgIpc) is 2.36. The summed E-state index contributed by atoms with van der Waals surface area (Å²) in [6.45, 7) is 3.79. The minimum absolute atomic E-state index is 0. The summed E-state index contributed by atoms with van der Waals surface area (Å²) in [4.78, 5) is 4.00. The van der Waals surface area contributed by atoms with Gasteiger partial charge in [0.2, 0.25) is 0 Å². The Labute approximate surface area is 134 Å². The number of ether oxygens (including phenoxy) is 2. The highest BCUT2D eigenvalue weighted by atomic mass is 127. The SMILES string of the molecule is C=C(Cl)CN=C(N)Nc1ccc(OC)c(OC)c1.I. The number of nitrogens with two attached hydrogens (primary N) is 1. The van der Waals surface area contributed by atoms with Crippen LogP contribution in [0, 0.1) is 0 Å². The third-order valence-electron chi connectivity index (χ3n) is 2.08. The minimum atomic E-state index is 0. The highest BCUT2D eigenvalue weighted by molar-refractivity contribution is 14.0. The predicted molar refractivity (Wildman–Crippen MR) is 90.1 cm³/mol. The van der Waals surface area contributed by atoms with E-state index in [9.17, 15) is 0 Å². The Morgan fingerprint density at radius 2 is 2.00 bits per heavy atom. The lowest BCUT2D eigenvalue weighted by Crippen LogP contribution is -2.22. The molecule has 0 fully saturated rings. The number of benzene rings is 1. The van der Waals surface area contributed by atoms with E-state index in [1.165, 1.54) is 0 Å². The van der Waals surface area contributed by atoms with E-state index < -0.39 is 0 Å². The number of nitrogens with zero attached hydrogens (tertiary/aromatic N) is 1. The molecule has 0 saturated carbocycles. The fourth-order valence-corrected chi connectivity index (χ4v) is 1.33. The molecular weight excluding hydrogens is 381 g/mol. The van der Waals surface area contributed by atoms with Crippen molar-refractivity contribution in [2.45, 2.75) is 0 Å². The summed E-state index contributed by atoms with van der Waals surface area (Å²) in [7, 11) is 3.14. The first-order chi connectivity index (χ1) is 8.56. The quantitative estimate of drug-likeness (QED) is 0.455. The van der Waals surface area contributed by atoms with Crippen LogP contribution in [0.5, 0.6) is 11.5 Å². The van der Waals surface area contributed by atoms with Gasteiger partial charge in [-0.2, -0.15) is 0 Å². The van der Waals surface area contributed by atoms with Gasteiger partial charge >= 0.3 is 0 Å². The van der Waals surface area contributed by atoms with Gasteiger partial charge in [-0.25, -0.2) is 4.99 Å². The van der Waals surface area contributed by atoms with E-state index in [-0.39, 0.29) is 36.5 Å². The molecular formula is C12H17ClIN3O2. The Bertz CT molecular complexity index is 466.